The van der Waals surface area contributed by atoms with Gasteiger partial charge in [-0.15, -0.1) is 11.8 Å². The number of rotatable bonds is 7. The molecule has 1 aromatic rings. The Hall–Kier alpha value is -1.17. The molecule has 1 atom stereocenters. The van der Waals surface area contributed by atoms with Crippen LogP contribution in [0.5, 0.6) is 0 Å². The number of benzene rings is 1. The van der Waals surface area contributed by atoms with Gasteiger partial charge in [0.2, 0.25) is 5.91 Å². The minimum atomic E-state index is -4.35. The molecular weight excluding hydrogens is 335 g/mol. The standard InChI is InChI=1S/C18H24F3NOS/c1-2-3-4-5-6-10-16(23)22-11-12-24-17(22)14-8-7-9-15(13-14)18(19,20)21/h7-9,13,17H,2-6,10-12H2,1H3. The second kappa shape index (κ2) is 8.79. The highest BCUT2D eigenvalue weighted by Crippen LogP contribution is 2.40. The minimum absolute atomic E-state index is 0.0545. The van der Waals surface area contributed by atoms with E-state index in [0.29, 0.717) is 18.5 Å². The van der Waals surface area contributed by atoms with Gasteiger partial charge in [-0.1, -0.05) is 44.7 Å². The molecule has 1 unspecified atom stereocenters. The van der Waals surface area contributed by atoms with Crippen molar-refractivity contribution >= 4 is 17.7 Å². The lowest BCUT2D eigenvalue weighted by atomic mass is 10.1. The first-order chi connectivity index (χ1) is 11.4. The molecule has 0 radical (unpaired) electrons. The number of halogens is 3. The summed E-state index contributed by atoms with van der Waals surface area (Å²) in [6, 6.07) is 5.34. The number of amides is 1. The van der Waals surface area contributed by atoms with Gasteiger partial charge in [0.15, 0.2) is 0 Å². The highest BCUT2D eigenvalue weighted by atomic mass is 32.2. The summed E-state index contributed by atoms with van der Waals surface area (Å²) in [6.07, 6.45) is 1.50. The van der Waals surface area contributed by atoms with E-state index < -0.39 is 11.7 Å². The zero-order chi connectivity index (χ0) is 17.6. The Morgan fingerprint density at radius 3 is 2.71 bits per heavy atom. The second-order valence-corrected chi connectivity index (χ2v) is 7.29. The van der Waals surface area contributed by atoms with Crippen molar-refractivity contribution in [2.45, 2.75) is 57.0 Å². The van der Waals surface area contributed by atoms with E-state index in [2.05, 4.69) is 6.92 Å². The fourth-order valence-electron chi connectivity index (χ4n) is 2.89. The number of thioether (sulfide) groups is 1. The zero-order valence-corrected chi connectivity index (χ0v) is 14.8. The molecule has 0 aliphatic carbocycles. The zero-order valence-electron chi connectivity index (χ0n) is 13.9. The quantitative estimate of drug-likeness (QED) is 0.587. The normalized spacial score (nSPS) is 18.2. The maximum atomic E-state index is 12.9. The van der Waals surface area contributed by atoms with Crippen LogP contribution < -0.4 is 0 Å². The van der Waals surface area contributed by atoms with Crippen LogP contribution in [-0.2, 0) is 11.0 Å². The molecule has 2 nitrogen and oxygen atoms in total. The molecular formula is C18H24F3NOS. The number of carbonyl (C=O) groups excluding carboxylic acids is 1. The van der Waals surface area contributed by atoms with Crippen molar-refractivity contribution in [2.75, 3.05) is 12.3 Å². The Labute approximate surface area is 145 Å². The fraction of sp³-hybridized carbons (Fsp3) is 0.611. The molecule has 1 saturated heterocycles. The minimum Gasteiger partial charge on any atom is -0.326 e. The van der Waals surface area contributed by atoms with Gasteiger partial charge in [0.25, 0.3) is 0 Å². The molecule has 0 N–H and O–H groups in total. The van der Waals surface area contributed by atoms with E-state index in [1.165, 1.54) is 30.3 Å². The molecule has 0 bridgehead atoms. The van der Waals surface area contributed by atoms with Crippen LogP contribution in [0.1, 0.15) is 61.9 Å². The van der Waals surface area contributed by atoms with Crippen molar-refractivity contribution in [2.24, 2.45) is 0 Å². The van der Waals surface area contributed by atoms with E-state index in [1.54, 1.807) is 11.0 Å². The number of hydrogen-bond donors (Lipinski definition) is 0. The highest BCUT2D eigenvalue weighted by Gasteiger charge is 2.34. The Kier molecular flexibility index (Phi) is 7.02. The number of unbranched alkanes of at least 4 members (excludes halogenated alkanes) is 4. The lowest BCUT2D eigenvalue weighted by molar-refractivity contribution is -0.137. The summed E-state index contributed by atoms with van der Waals surface area (Å²) >= 11 is 1.54. The van der Waals surface area contributed by atoms with Crippen LogP contribution in [0.15, 0.2) is 24.3 Å². The molecule has 1 heterocycles. The molecule has 2 rings (SSSR count). The summed E-state index contributed by atoms with van der Waals surface area (Å²) in [5, 5.41) is -0.296. The molecule has 134 valence electrons. The summed E-state index contributed by atoms with van der Waals surface area (Å²) < 4.78 is 38.7. The summed E-state index contributed by atoms with van der Waals surface area (Å²) in [5.41, 5.74) is -0.0916. The molecule has 1 aliphatic heterocycles. The lowest BCUT2D eigenvalue weighted by Gasteiger charge is -2.25. The first-order valence-electron chi connectivity index (χ1n) is 8.51. The predicted molar refractivity (Wildman–Crippen MR) is 91.7 cm³/mol. The Balaban J connectivity index is 1.98. The van der Waals surface area contributed by atoms with Crippen molar-refractivity contribution in [1.82, 2.24) is 4.90 Å². The van der Waals surface area contributed by atoms with Gasteiger partial charge >= 0.3 is 6.18 Å². The third-order valence-corrected chi connectivity index (χ3v) is 5.47. The predicted octanol–water partition coefficient (Wildman–Crippen LogP) is 5.64. The molecule has 1 fully saturated rings. The van der Waals surface area contributed by atoms with Gasteiger partial charge in [0, 0.05) is 18.7 Å². The van der Waals surface area contributed by atoms with E-state index in [-0.39, 0.29) is 11.3 Å². The van der Waals surface area contributed by atoms with E-state index in [0.717, 1.165) is 37.5 Å². The number of hydrogen-bond acceptors (Lipinski definition) is 2. The van der Waals surface area contributed by atoms with Gasteiger partial charge in [0.1, 0.15) is 5.37 Å². The maximum Gasteiger partial charge on any atom is 0.416 e. The first kappa shape index (κ1) is 19.2. The van der Waals surface area contributed by atoms with Crippen LogP contribution in [0, 0.1) is 0 Å². The van der Waals surface area contributed by atoms with Crippen LogP contribution in [0.4, 0.5) is 13.2 Å². The summed E-state index contributed by atoms with van der Waals surface area (Å²) in [5.74, 6) is 0.821. The topological polar surface area (TPSA) is 20.3 Å². The molecule has 1 aliphatic rings. The van der Waals surface area contributed by atoms with Crippen LogP contribution in [0.25, 0.3) is 0 Å². The SMILES string of the molecule is CCCCCCCC(=O)N1CCSC1c1cccc(C(F)(F)F)c1. The van der Waals surface area contributed by atoms with Crippen molar-refractivity contribution < 1.29 is 18.0 Å². The van der Waals surface area contributed by atoms with Crippen LogP contribution >= 0.6 is 11.8 Å². The smallest absolute Gasteiger partial charge is 0.326 e. The number of nitrogens with zero attached hydrogens (tertiary/aromatic N) is 1. The fourth-order valence-corrected chi connectivity index (χ4v) is 4.16. The van der Waals surface area contributed by atoms with Gasteiger partial charge in [-0.2, -0.15) is 13.2 Å². The van der Waals surface area contributed by atoms with Crippen molar-refractivity contribution in [3.8, 4) is 0 Å². The van der Waals surface area contributed by atoms with E-state index in [4.69, 9.17) is 0 Å². The van der Waals surface area contributed by atoms with E-state index in [9.17, 15) is 18.0 Å². The van der Waals surface area contributed by atoms with Gasteiger partial charge in [-0.05, 0) is 24.1 Å². The lowest BCUT2D eigenvalue weighted by Crippen LogP contribution is -2.30. The summed E-state index contributed by atoms with van der Waals surface area (Å²) in [4.78, 5) is 14.2. The molecule has 1 amide bonds. The van der Waals surface area contributed by atoms with Gasteiger partial charge in [0.05, 0.1) is 5.56 Å². The molecule has 6 heteroatoms. The third-order valence-electron chi connectivity index (χ3n) is 4.20. The molecule has 0 aromatic heterocycles. The Bertz CT molecular complexity index is 547. The van der Waals surface area contributed by atoms with Crippen LogP contribution in [0.2, 0.25) is 0 Å². The number of alkyl halides is 3. The Morgan fingerprint density at radius 2 is 2.00 bits per heavy atom. The van der Waals surface area contributed by atoms with Gasteiger partial charge in [-0.3, -0.25) is 4.79 Å². The monoisotopic (exact) mass is 359 g/mol. The Morgan fingerprint density at radius 1 is 1.25 bits per heavy atom. The molecule has 24 heavy (non-hydrogen) atoms. The largest absolute Gasteiger partial charge is 0.416 e. The third kappa shape index (κ3) is 5.16. The van der Waals surface area contributed by atoms with Crippen LogP contribution in [-0.4, -0.2) is 23.1 Å². The molecule has 0 spiro atoms. The van der Waals surface area contributed by atoms with Gasteiger partial charge < -0.3 is 4.90 Å². The van der Waals surface area contributed by atoms with E-state index in [1.807, 2.05) is 0 Å². The van der Waals surface area contributed by atoms with Crippen LogP contribution in [0.3, 0.4) is 0 Å². The van der Waals surface area contributed by atoms with Crippen molar-refractivity contribution in [3.63, 3.8) is 0 Å². The molecule has 0 saturated carbocycles. The number of carbonyl (C=O) groups is 1. The highest BCUT2D eigenvalue weighted by molar-refractivity contribution is 7.99. The molecule has 1 aromatic carbocycles. The maximum absolute atomic E-state index is 12.9. The summed E-state index contributed by atoms with van der Waals surface area (Å²) in [7, 11) is 0. The van der Waals surface area contributed by atoms with Crippen molar-refractivity contribution in [1.29, 1.82) is 0 Å². The average molecular weight is 359 g/mol. The second-order valence-electron chi connectivity index (χ2n) is 6.10. The van der Waals surface area contributed by atoms with E-state index >= 15 is 0 Å². The first-order valence-corrected chi connectivity index (χ1v) is 9.56. The van der Waals surface area contributed by atoms with Gasteiger partial charge in [-0.25, -0.2) is 0 Å². The van der Waals surface area contributed by atoms with Crippen molar-refractivity contribution in [3.05, 3.63) is 35.4 Å². The summed E-state index contributed by atoms with van der Waals surface area (Å²) in [6.45, 7) is 2.76. The average Bonchev–Trinajstić information content (AvgIpc) is 3.03.